The van der Waals surface area contributed by atoms with Gasteiger partial charge in [-0.15, -0.1) is 11.3 Å². The Balaban J connectivity index is 1.76. The zero-order valence-corrected chi connectivity index (χ0v) is 11.5. The van der Waals surface area contributed by atoms with E-state index in [1.54, 1.807) is 11.4 Å². The first-order chi connectivity index (χ1) is 8.69. The summed E-state index contributed by atoms with van der Waals surface area (Å²) in [6, 6.07) is 2.34. The van der Waals surface area contributed by atoms with Gasteiger partial charge in [-0.3, -0.25) is 0 Å². The molecule has 1 fully saturated rings. The van der Waals surface area contributed by atoms with Gasteiger partial charge in [0, 0.05) is 22.8 Å². The lowest BCUT2D eigenvalue weighted by Crippen LogP contribution is -2.41. The van der Waals surface area contributed by atoms with Gasteiger partial charge in [-0.25, -0.2) is 4.79 Å². The zero-order chi connectivity index (χ0) is 13.0. The molecule has 0 aliphatic carbocycles. The minimum Gasteiger partial charge on any atom is -0.478 e. The topological polar surface area (TPSA) is 52.6 Å². The van der Waals surface area contributed by atoms with Crippen molar-refractivity contribution < 1.29 is 9.90 Å². The average Bonchev–Trinajstić information content (AvgIpc) is 2.86. The van der Waals surface area contributed by atoms with Gasteiger partial charge in [-0.2, -0.15) is 0 Å². The van der Waals surface area contributed by atoms with E-state index >= 15 is 0 Å². The molecule has 0 atom stereocenters. The molecule has 2 rings (SSSR count). The highest BCUT2D eigenvalue weighted by molar-refractivity contribution is 7.10. The molecule has 1 aliphatic rings. The number of nitrogens with zero attached hydrogens (tertiary/aromatic N) is 1. The molecule has 2 heterocycles. The number of piperidine rings is 1. The summed E-state index contributed by atoms with van der Waals surface area (Å²) in [4.78, 5) is 14.3. The third kappa shape index (κ3) is 3.54. The predicted molar refractivity (Wildman–Crippen MR) is 73.3 cm³/mol. The molecule has 100 valence electrons. The first-order valence-electron chi connectivity index (χ1n) is 6.45. The summed E-state index contributed by atoms with van der Waals surface area (Å²) in [5, 5.41) is 14.1. The minimum atomic E-state index is -0.839. The Morgan fingerprint density at radius 2 is 2.28 bits per heavy atom. The van der Waals surface area contributed by atoms with Gasteiger partial charge in [-0.05, 0) is 38.5 Å². The summed E-state index contributed by atoms with van der Waals surface area (Å²) in [7, 11) is 0. The van der Waals surface area contributed by atoms with Crippen molar-refractivity contribution in [1.29, 1.82) is 0 Å². The fourth-order valence-corrected chi connectivity index (χ4v) is 3.09. The van der Waals surface area contributed by atoms with Crippen molar-refractivity contribution >= 4 is 17.3 Å². The van der Waals surface area contributed by atoms with Crippen molar-refractivity contribution in [3.63, 3.8) is 0 Å². The summed E-state index contributed by atoms with van der Waals surface area (Å²) in [5.41, 5.74) is 0.401. The molecule has 5 heteroatoms. The molecule has 1 aliphatic heterocycles. The van der Waals surface area contributed by atoms with E-state index in [1.807, 2.05) is 0 Å². The number of carbonyl (C=O) groups is 1. The van der Waals surface area contributed by atoms with Crippen molar-refractivity contribution in [2.24, 2.45) is 0 Å². The fraction of sp³-hybridized carbons (Fsp3) is 0.615. The predicted octanol–water partition coefficient (Wildman–Crippen LogP) is 2.02. The minimum absolute atomic E-state index is 0.401. The van der Waals surface area contributed by atoms with Gasteiger partial charge in [0.05, 0.1) is 5.56 Å². The maximum absolute atomic E-state index is 10.8. The Kier molecular flexibility index (Phi) is 4.74. The number of nitrogens with one attached hydrogen (secondary N) is 1. The van der Waals surface area contributed by atoms with E-state index in [9.17, 15) is 4.79 Å². The van der Waals surface area contributed by atoms with E-state index in [0.29, 0.717) is 11.6 Å². The zero-order valence-electron chi connectivity index (χ0n) is 10.7. The molecule has 1 saturated heterocycles. The maximum atomic E-state index is 10.8. The van der Waals surface area contributed by atoms with Crippen molar-refractivity contribution in [3.8, 4) is 0 Å². The van der Waals surface area contributed by atoms with Crippen LogP contribution in [0.2, 0.25) is 0 Å². The third-order valence-electron chi connectivity index (χ3n) is 3.50. The summed E-state index contributed by atoms with van der Waals surface area (Å²) in [5.74, 6) is -0.839. The van der Waals surface area contributed by atoms with E-state index in [4.69, 9.17) is 5.11 Å². The first-order valence-corrected chi connectivity index (χ1v) is 7.33. The highest BCUT2D eigenvalue weighted by atomic mass is 32.1. The van der Waals surface area contributed by atoms with Crippen LogP contribution in [0.5, 0.6) is 0 Å². The Morgan fingerprint density at radius 3 is 2.83 bits per heavy atom. The van der Waals surface area contributed by atoms with Gasteiger partial charge in [0.2, 0.25) is 0 Å². The molecule has 0 saturated carbocycles. The number of hydrogen-bond donors (Lipinski definition) is 2. The molecule has 0 bridgehead atoms. The molecule has 1 aromatic heterocycles. The van der Waals surface area contributed by atoms with Crippen LogP contribution in [0.1, 0.15) is 35.0 Å². The van der Waals surface area contributed by atoms with Gasteiger partial charge in [-0.1, -0.05) is 6.92 Å². The molecule has 18 heavy (non-hydrogen) atoms. The quantitative estimate of drug-likeness (QED) is 0.858. The van der Waals surface area contributed by atoms with Crippen LogP contribution in [0.4, 0.5) is 0 Å². The molecule has 1 aromatic rings. The molecule has 0 unspecified atom stereocenters. The van der Waals surface area contributed by atoms with Crippen LogP contribution in [-0.2, 0) is 6.54 Å². The number of likely N-dealkylation sites (tertiary alicyclic amines) is 1. The van der Waals surface area contributed by atoms with Crippen molar-refractivity contribution in [2.75, 3.05) is 19.6 Å². The number of hydrogen-bond acceptors (Lipinski definition) is 4. The van der Waals surface area contributed by atoms with Crippen LogP contribution in [0, 0.1) is 0 Å². The first kappa shape index (κ1) is 13.5. The second-order valence-corrected chi connectivity index (χ2v) is 5.69. The smallest absolute Gasteiger partial charge is 0.336 e. The van der Waals surface area contributed by atoms with E-state index in [-0.39, 0.29) is 0 Å². The number of carboxylic acid groups (broad SMARTS) is 1. The summed E-state index contributed by atoms with van der Waals surface area (Å²) < 4.78 is 0. The number of thiophene rings is 1. The number of carboxylic acids is 1. The van der Waals surface area contributed by atoms with Crippen molar-refractivity contribution in [3.05, 3.63) is 21.9 Å². The van der Waals surface area contributed by atoms with Crippen LogP contribution in [0.25, 0.3) is 0 Å². The van der Waals surface area contributed by atoms with Gasteiger partial charge in [0.25, 0.3) is 0 Å². The summed E-state index contributed by atoms with van der Waals surface area (Å²) in [6.07, 6.45) is 2.37. The molecule has 0 aromatic carbocycles. The molecule has 0 radical (unpaired) electrons. The molecular formula is C13H20N2O2S. The van der Waals surface area contributed by atoms with Crippen molar-refractivity contribution in [2.45, 2.75) is 32.4 Å². The number of rotatable bonds is 5. The summed E-state index contributed by atoms with van der Waals surface area (Å²) in [6.45, 7) is 6.46. The second-order valence-electron chi connectivity index (χ2n) is 4.70. The molecule has 2 N–H and O–H groups in total. The third-order valence-corrected chi connectivity index (χ3v) is 4.44. The fourth-order valence-electron chi connectivity index (χ4n) is 2.28. The maximum Gasteiger partial charge on any atom is 0.336 e. The van der Waals surface area contributed by atoms with Crippen LogP contribution >= 0.6 is 11.3 Å². The van der Waals surface area contributed by atoms with E-state index < -0.39 is 5.97 Å². The monoisotopic (exact) mass is 268 g/mol. The SMILES string of the molecule is CCN1CCC(NCc2cc(C(=O)O)cs2)CC1. The Bertz CT molecular complexity index is 397. The van der Waals surface area contributed by atoms with E-state index in [2.05, 4.69) is 17.1 Å². The van der Waals surface area contributed by atoms with Gasteiger partial charge >= 0.3 is 5.97 Å². The average molecular weight is 268 g/mol. The lowest BCUT2D eigenvalue weighted by atomic mass is 10.1. The van der Waals surface area contributed by atoms with Crippen LogP contribution < -0.4 is 5.32 Å². The highest BCUT2D eigenvalue weighted by Crippen LogP contribution is 2.16. The molecule has 0 amide bonds. The van der Waals surface area contributed by atoms with Gasteiger partial charge in [0.15, 0.2) is 0 Å². The van der Waals surface area contributed by atoms with Crippen LogP contribution in [0.15, 0.2) is 11.4 Å². The highest BCUT2D eigenvalue weighted by Gasteiger charge is 2.17. The molecule has 4 nitrogen and oxygen atoms in total. The van der Waals surface area contributed by atoms with Crippen LogP contribution in [0.3, 0.4) is 0 Å². The van der Waals surface area contributed by atoms with Crippen LogP contribution in [-0.4, -0.2) is 41.7 Å². The molecular weight excluding hydrogens is 248 g/mol. The number of aromatic carboxylic acids is 1. The Hall–Kier alpha value is -0.910. The van der Waals surface area contributed by atoms with Crippen molar-refractivity contribution in [1.82, 2.24) is 10.2 Å². The molecule has 0 spiro atoms. The lowest BCUT2D eigenvalue weighted by Gasteiger charge is -2.31. The second kappa shape index (κ2) is 6.31. The van der Waals surface area contributed by atoms with Gasteiger partial charge < -0.3 is 15.3 Å². The van der Waals surface area contributed by atoms with Gasteiger partial charge in [0.1, 0.15) is 0 Å². The lowest BCUT2D eigenvalue weighted by molar-refractivity contribution is 0.0697. The van der Waals surface area contributed by atoms with E-state index in [0.717, 1.165) is 18.0 Å². The normalized spacial score (nSPS) is 18.1. The standard InChI is InChI=1S/C13H20N2O2S/c1-2-15-5-3-11(4-6-15)14-8-12-7-10(9-18-12)13(16)17/h7,9,11,14H,2-6,8H2,1H3,(H,16,17). The largest absolute Gasteiger partial charge is 0.478 e. The summed E-state index contributed by atoms with van der Waals surface area (Å²) >= 11 is 1.52. The Labute approximate surface area is 112 Å². The van der Waals surface area contributed by atoms with E-state index in [1.165, 1.54) is 37.3 Å². The Morgan fingerprint density at radius 1 is 1.56 bits per heavy atom.